The van der Waals surface area contributed by atoms with Gasteiger partial charge in [0.2, 0.25) is 0 Å². The summed E-state index contributed by atoms with van der Waals surface area (Å²) in [6.07, 6.45) is -0.138. The normalized spacial score (nSPS) is 11.4. The summed E-state index contributed by atoms with van der Waals surface area (Å²) in [5, 5.41) is 0. The lowest BCUT2D eigenvalue weighted by atomic mass is 10.2. The number of nitrogens with zero attached hydrogens (tertiary/aromatic N) is 1. The summed E-state index contributed by atoms with van der Waals surface area (Å²) >= 11 is 0. The second-order valence-corrected chi connectivity index (χ2v) is 3.54. The van der Waals surface area contributed by atoms with E-state index in [2.05, 4.69) is 4.99 Å². The molecule has 0 aromatic heterocycles. The molecule has 0 aliphatic heterocycles. The lowest BCUT2D eigenvalue weighted by Gasteiger charge is -2.03. The first-order valence-electron chi connectivity index (χ1n) is 5.27. The highest BCUT2D eigenvalue weighted by Crippen LogP contribution is 2.18. The molecule has 0 amide bonds. The zero-order valence-electron chi connectivity index (χ0n) is 9.87. The molecule has 92 valence electrons. The van der Waals surface area contributed by atoms with Crippen molar-refractivity contribution in [2.24, 2.45) is 10.7 Å². The van der Waals surface area contributed by atoms with E-state index in [1.807, 2.05) is 0 Å². The molecule has 5 heteroatoms. The molecule has 0 aliphatic rings. The van der Waals surface area contributed by atoms with Gasteiger partial charge in [0.25, 0.3) is 0 Å². The SMILES string of the molecule is CCOC(=O)CC(N)=Nc1ccc(C)cc1F. The molecule has 0 bridgehead atoms. The Labute approximate surface area is 99.3 Å². The monoisotopic (exact) mass is 238 g/mol. The maximum absolute atomic E-state index is 13.4. The van der Waals surface area contributed by atoms with E-state index in [0.29, 0.717) is 0 Å². The maximum atomic E-state index is 13.4. The van der Waals surface area contributed by atoms with Crippen molar-refractivity contribution >= 4 is 17.5 Å². The van der Waals surface area contributed by atoms with E-state index < -0.39 is 11.8 Å². The van der Waals surface area contributed by atoms with Gasteiger partial charge in [-0.1, -0.05) is 6.07 Å². The molecule has 2 N–H and O–H groups in total. The molecule has 0 unspecified atom stereocenters. The minimum absolute atomic E-state index is 0.0335. The lowest BCUT2D eigenvalue weighted by molar-refractivity contribution is -0.141. The number of nitrogens with two attached hydrogens (primary N) is 1. The van der Waals surface area contributed by atoms with Gasteiger partial charge < -0.3 is 10.5 Å². The number of rotatable bonds is 4. The van der Waals surface area contributed by atoms with Crippen molar-refractivity contribution in [2.45, 2.75) is 20.3 Å². The Bertz CT molecular complexity index is 444. The van der Waals surface area contributed by atoms with Gasteiger partial charge in [0.05, 0.1) is 6.61 Å². The topological polar surface area (TPSA) is 64.7 Å². The van der Waals surface area contributed by atoms with Gasteiger partial charge in [-0.3, -0.25) is 4.79 Å². The minimum atomic E-state index is -0.471. The number of esters is 1. The Morgan fingerprint density at radius 3 is 2.82 bits per heavy atom. The van der Waals surface area contributed by atoms with Gasteiger partial charge in [0.15, 0.2) is 0 Å². The van der Waals surface area contributed by atoms with Gasteiger partial charge in [0.1, 0.15) is 23.8 Å². The lowest BCUT2D eigenvalue weighted by Crippen LogP contribution is -2.18. The number of halogens is 1. The molecule has 0 saturated heterocycles. The predicted molar refractivity (Wildman–Crippen MR) is 63.7 cm³/mol. The molecular formula is C12H15FN2O2. The average molecular weight is 238 g/mol. The number of benzene rings is 1. The molecule has 0 atom stereocenters. The molecule has 1 rings (SSSR count). The molecule has 0 radical (unpaired) electrons. The van der Waals surface area contributed by atoms with E-state index in [0.717, 1.165) is 5.56 Å². The quantitative estimate of drug-likeness (QED) is 0.496. The van der Waals surface area contributed by atoms with Crippen LogP contribution in [0.3, 0.4) is 0 Å². The zero-order valence-corrected chi connectivity index (χ0v) is 9.87. The van der Waals surface area contributed by atoms with Gasteiger partial charge >= 0.3 is 5.97 Å². The Balaban J connectivity index is 2.77. The van der Waals surface area contributed by atoms with Crippen LogP contribution in [0.15, 0.2) is 23.2 Å². The summed E-state index contributed by atoms with van der Waals surface area (Å²) in [5.41, 5.74) is 6.45. The number of aryl methyl sites for hydroxylation is 1. The summed E-state index contributed by atoms with van der Waals surface area (Å²) in [7, 11) is 0. The Hall–Kier alpha value is -1.91. The van der Waals surface area contributed by atoms with Crippen LogP contribution in [-0.4, -0.2) is 18.4 Å². The molecule has 0 fully saturated rings. The van der Waals surface area contributed by atoms with Gasteiger partial charge in [-0.2, -0.15) is 0 Å². The van der Waals surface area contributed by atoms with Crippen molar-refractivity contribution in [3.63, 3.8) is 0 Å². The van der Waals surface area contributed by atoms with Crippen LogP contribution in [0.4, 0.5) is 10.1 Å². The summed E-state index contributed by atoms with van der Waals surface area (Å²) in [5.74, 6) is -0.899. The van der Waals surface area contributed by atoms with Crippen molar-refractivity contribution in [2.75, 3.05) is 6.61 Å². The van der Waals surface area contributed by atoms with Crippen molar-refractivity contribution in [3.8, 4) is 0 Å². The van der Waals surface area contributed by atoms with Crippen LogP contribution >= 0.6 is 0 Å². The highest BCUT2D eigenvalue weighted by molar-refractivity contribution is 5.97. The van der Waals surface area contributed by atoms with Gasteiger partial charge in [-0.15, -0.1) is 0 Å². The van der Waals surface area contributed by atoms with Crippen LogP contribution in [-0.2, 0) is 9.53 Å². The third-order valence-corrected chi connectivity index (χ3v) is 2.00. The van der Waals surface area contributed by atoms with Crippen LogP contribution in [0.25, 0.3) is 0 Å². The number of amidine groups is 1. The first-order chi connectivity index (χ1) is 8.02. The summed E-state index contributed by atoms with van der Waals surface area (Å²) < 4.78 is 18.1. The van der Waals surface area contributed by atoms with Crippen molar-refractivity contribution in [3.05, 3.63) is 29.6 Å². The number of carbonyl (C=O) groups is 1. The molecule has 1 aromatic rings. The van der Waals surface area contributed by atoms with E-state index in [-0.39, 0.29) is 24.6 Å². The average Bonchev–Trinajstić information content (AvgIpc) is 2.22. The molecule has 17 heavy (non-hydrogen) atoms. The number of aliphatic imine (C=N–C) groups is 1. The largest absolute Gasteiger partial charge is 0.466 e. The Morgan fingerprint density at radius 1 is 1.53 bits per heavy atom. The zero-order chi connectivity index (χ0) is 12.8. The highest BCUT2D eigenvalue weighted by atomic mass is 19.1. The van der Waals surface area contributed by atoms with Gasteiger partial charge in [0, 0.05) is 0 Å². The standard InChI is InChI=1S/C12H15FN2O2/c1-3-17-12(16)7-11(14)15-10-5-4-8(2)6-9(10)13/h4-6H,3,7H2,1-2H3,(H2,14,15). The first kappa shape index (κ1) is 13.2. The van der Waals surface area contributed by atoms with Gasteiger partial charge in [-0.25, -0.2) is 9.38 Å². The van der Waals surface area contributed by atoms with E-state index in [9.17, 15) is 9.18 Å². The van der Waals surface area contributed by atoms with E-state index >= 15 is 0 Å². The molecule has 0 heterocycles. The summed E-state index contributed by atoms with van der Waals surface area (Å²) in [6.45, 7) is 3.76. The maximum Gasteiger partial charge on any atom is 0.313 e. The van der Waals surface area contributed by atoms with Crippen molar-refractivity contribution in [1.82, 2.24) is 0 Å². The number of hydrogen-bond acceptors (Lipinski definition) is 3. The van der Waals surface area contributed by atoms with E-state index in [4.69, 9.17) is 10.5 Å². The van der Waals surface area contributed by atoms with Crippen molar-refractivity contribution in [1.29, 1.82) is 0 Å². The molecule has 0 saturated carbocycles. The first-order valence-corrected chi connectivity index (χ1v) is 5.27. The van der Waals surface area contributed by atoms with E-state index in [1.54, 1.807) is 19.9 Å². The van der Waals surface area contributed by atoms with E-state index in [1.165, 1.54) is 12.1 Å². The second kappa shape index (κ2) is 5.98. The fourth-order valence-corrected chi connectivity index (χ4v) is 1.26. The van der Waals surface area contributed by atoms with Crippen LogP contribution in [0.2, 0.25) is 0 Å². The third-order valence-electron chi connectivity index (χ3n) is 2.00. The molecular weight excluding hydrogens is 223 g/mol. The predicted octanol–water partition coefficient (Wildman–Crippen LogP) is 2.08. The Morgan fingerprint density at radius 2 is 2.24 bits per heavy atom. The Kier molecular flexibility index (Phi) is 4.63. The van der Waals surface area contributed by atoms with Crippen LogP contribution < -0.4 is 5.73 Å². The smallest absolute Gasteiger partial charge is 0.313 e. The highest BCUT2D eigenvalue weighted by Gasteiger charge is 2.06. The fraction of sp³-hybridized carbons (Fsp3) is 0.333. The number of hydrogen-bond donors (Lipinski definition) is 1. The minimum Gasteiger partial charge on any atom is -0.466 e. The third kappa shape index (κ3) is 4.22. The fourth-order valence-electron chi connectivity index (χ4n) is 1.26. The van der Waals surface area contributed by atoms with Crippen LogP contribution in [0.1, 0.15) is 18.9 Å². The summed E-state index contributed by atoms with van der Waals surface area (Å²) in [6, 6.07) is 4.60. The van der Waals surface area contributed by atoms with Gasteiger partial charge in [-0.05, 0) is 31.5 Å². The molecule has 4 nitrogen and oxygen atoms in total. The van der Waals surface area contributed by atoms with Crippen LogP contribution in [0.5, 0.6) is 0 Å². The van der Waals surface area contributed by atoms with Crippen LogP contribution in [0, 0.1) is 12.7 Å². The molecule has 1 aromatic carbocycles. The second-order valence-electron chi connectivity index (χ2n) is 3.54. The molecule has 0 spiro atoms. The number of carbonyl (C=O) groups excluding carboxylic acids is 1. The molecule has 0 aliphatic carbocycles. The van der Waals surface area contributed by atoms with Crippen molar-refractivity contribution < 1.29 is 13.9 Å². The summed E-state index contributed by atoms with van der Waals surface area (Å²) in [4.78, 5) is 14.9. The number of ether oxygens (including phenoxy) is 1.